The molecule has 0 unspecified atom stereocenters. The van der Waals surface area contributed by atoms with Gasteiger partial charge in [0.25, 0.3) is 5.91 Å². The van der Waals surface area contributed by atoms with Crippen molar-refractivity contribution in [2.45, 2.75) is 18.9 Å². The van der Waals surface area contributed by atoms with E-state index in [1.165, 1.54) is 12.8 Å². The van der Waals surface area contributed by atoms with Crippen molar-refractivity contribution in [2.24, 2.45) is 0 Å². The molecule has 2 rings (SSSR count). The average Bonchev–Trinajstić information content (AvgIpc) is 3.11. The third kappa shape index (κ3) is 3.06. The number of aromatic nitrogens is 1. The van der Waals surface area contributed by atoms with E-state index in [-0.39, 0.29) is 5.91 Å². The molecule has 1 aromatic heterocycles. The molecule has 1 aliphatic rings. The number of nitrogens with zero attached hydrogens (tertiary/aromatic N) is 1. The van der Waals surface area contributed by atoms with Gasteiger partial charge in [-0.25, -0.2) is 4.98 Å². The Bertz CT molecular complexity index is 469. The van der Waals surface area contributed by atoms with E-state index in [4.69, 9.17) is 0 Å². The highest BCUT2D eigenvalue weighted by atomic mass is 79.9. The number of hydrogen-bond acceptors (Lipinski definition) is 3. The van der Waals surface area contributed by atoms with Crippen LogP contribution >= 0.6 is 15.9 Å². The summed E-state index contributed by atoms with van der Waals surface area (Å²) < 4.78 is 0.632. The SMILES string of the molecule is C=C(NC1CC1)c1cc(Br)nc(C(=O)NC)c1. The summed E-state index contributed by atoms with van der Waals surface area (Å²) in [7, 11) is 1.59. The molecule has 1 heterocycles. The summed E-state index contributed by atoms with van der Waals surface area (Å²) in [5, 5.41) is 5.86. The normalized spacial score (nSPS) is 14.2. The minimum atomic E-state index is -0.202. The molecule has 1 aromatic rings. The first-order chi connectivity index (χ1) is 8.10. The van der Waals surface area contributed by atoms with Crippen LogP contribution in [0.15, 0.2) is 23.3 Å². The molecule has 1 fully saturated rings. The van der Waals surface area contributed by atoms with Gasteiger partial charge < -0.3 is 10.6 Å². The smallest absolute Gasteiger partial charge is 0.269 e. The number of pyridine rings is 1. The van der Waals surface area contributed by atoms with Crippen molar-refractivity contribution in [1.29, 1.82) is 0 Å². The second kappa shape index (κ2) is 4.87. The summed E-state index contributed by atoms with van der Waals surface area (Å²) in [6.07, 6.45) is 2.38. The summed E-state index contributed by atoms with van der Waals surface area (Å²) in [6, 6.07) is 4.13. The van der Waals surface area contributed by atoms with Crippen molar-refractivity contribution in [2.75, 3.05) is 7.05 Å². The maximum absolute atomic E-state index is 11.5. The lowest BCUT2D eigenvalue weighted by molar-refractivity contribution is 0.0958. The molecule has 0 spiro atoms. The molecule has 0 bridgehead atoms. The monoisotopic (exact) mass is 295 g/mol. The minimum Gasteiger partial charge on any atom is -0.382 e. The lowest BCUT2D eigenvalue weighted by Gasteiger charge is -2.10. The van der Waals surface area contributed by atoms with Crippen LogP contribution in [-0.2, 0) is 0 Å². The molecule has 0 atom stereocenters. The van der Waals surface area contributed by atoms with Gasteiger partial charge in [0.1, 0.15) is 10.3 Å². The molecule has 1 aliphatic carbocycles. The van der Waals surface area contributed by atoms with Crippen molar-refractivity contribution < 1.29 is 4.79 Å². The third-order valence-electron chi connectivity index (χ3n) is 2.56. The topological polar surface area (TPSA) is 54.0 Å². The van der Waals surface area contributed by atoms with Gasteiger partial charge in [-0.05, 0) is 40.9 Å². The quantitative estimate of drug-likeness (QED) is 0.835. The Labute approximate surface area is 109 Å². The first-order valence-corrected chi connectivity index (χ1v) is 6.25. The predicted octanol–water partition coefficient (Wildman–Crippen LogP) is 1.93. The van der Waals surface area contributed by atoms with Crippen molar-refractivity contribution in [1.82, 2.24) is 15.6 Å². The van der Waals surface area contributed by atoms with E-state index in [0.717, 1.165) is 11.3 Å². The summed E-state index contributed by atoms with van der Waals surface area (Å²) in [5.74, 6) is -0.202. The highest BCUT2D eigenvalue weighted by Crippen LogP contribution is 2.24. The van der Waals surface area contributed by atoms with Crippen molar-refractivity contribution in [3.05, 3.63) is 34.6 Å². The lowest BCUT2D eigenvalue weighted by Crippen LogP contribution is -2.20. The van der Waals surface area contributed by atoms with Crippen molar-refractivity contribution in [3.8, 4) is 0 Å². The van der Waals surface area contributed by atoms with Crippen LogP contribution in [0.2, 0.25) is 0 Å². The summed E-state index contributed by atoms with van der Waals surface area (Å²) in [5.41, 5.74) is 2.11. The van der Waals surface area contributed by atoms with Crippen LogP contribution < -0.4 is 10.6 Å². The molecule has 90 valence electrons. The third-order valence-corrected chi connectivity index (χ3v) is 2.96. The van der Waals surface area contributed by atoms with Crippen LogP contribution in [0.5, 0.6) is 0 Å². The Morgan fingerprint density at radius 2 is 2.24 bits per heavy atom. The molecule has 1 saturated carbocycles. The van der Waals surface area contributed by atoms with E-state index in [2.05, 4.69) is 38.1 Å². The van der Waals surface area contributed by atoms with Crippen molar-refractivity contribution in [3.63, 3.8) is 0 Å². The summed E-state index contributed by atoms with van der Waals surface area (Å²) in [4.78, 5) is 15.6. The molecule has 17 heavy (non-hydrogen) atoms. The zero-order chi connectivity index (χ0) is 12.4. The Balaban J connectivity index is 2.23. The van der Waals surface area contributed by atoms with Crippen LogP contribution in [0.3, 0.4) is 0 Å². The van der Waals surface area contributed by atoms with Gasteiger partial charge in [0.2, 0.25) is 0 Å². The molecule has 2 N–H and O–H groups in total. The predicted molar refractivity (Wildman–Crippen MR) is 70.5 cm³/mol. The Kier molecular flexibility index (Phi) is 3.47. The van der Waals surface area contributed by atoms with E-state index in [0.29, 0.717) is 16.3 Å². The molecule has 5 heteroatoms. The van der Waals surface area contributed by atoms with Crippen LogP contribution in [0, 0.1) is 0 Å². The van der Waals surface area contributed by atoms with Gasteiger partial charge in [0.05, 0.1) is 0 Å². The van der Waals surface area contributed by atoms with Crippen molar-refractivity contribution >= 4 is 27.5 Å². The molecular formula is C12H14BrN3O. The number of carbonyl (C=O) groups excluding carboxylic acids is 1. The van der Waals surface area contributed by atoms with E-state index < -0.39 is 0 Å². The Morgan fingerprint density at radius 3 is 2.82 bits per heavy atom. The van der Waals surface area contributed by atoms with E-state index in [9.17, 15) is 4.79 Å². The molecule has 0 radical (unpaired) electrons. The first-order valence-electron chi connectivity index (χ1n) is 5.45. The standard InChI is InChI=1S/C12H14BrN3O/c1-7(15-9-3-4-9)8-5-10(12(17)14-2)16-11(13)6-8/h5-6,9,15H,1,3-4H2,2H3,(H,14,17). The second-order valence-corrected chi connectivity index (χ2v) is 4.85. The van der Waals surface area contributed by atoms with Crippen LogP contribution in [0.1, 0.15) is 28.9 Å². The van der Waals surface area contributed by atoms with Crippen LogP contribution in [0.4, 0.5) is 0 Å². The number of carbonyl (C=O) groups is 1. The largest absolute Gasteiger partial charge is 0.382 e. The summed E-state index contributed by atoms with van der Waals surface area (Å²) >= 11 is 3.30. The average molecular weight is 296 g/mol. The number of halogens is 1. The molecular weight excluding hydrogens is 282 g/mol. The van der Waals surface area contributed by atoms with Gasteiger partial charge in [-0.1, -0.05) is 6.58 Å². The zero-order valence-corrected chi connectivity index (χ0v) is 11.2. The van der Waals surface area contributed by atoms with Gasteiger partial charge >= 0.3 is 0 Å². The van der Waals surface area contributed by atoms with E-state index >= 15 is 0 Å². The van der Waals surface area contributed by atoms with Crippen LogP contribution in [-0.4, -0.2) is 24.0 Å². The maximum atomic E-state index is 11.5. The van der Waals surface area contributed by atoms with Crippen LogP contribution in [0.25, 0.3) is 5.70 Å². The molecule has 1 amide bonds. The van der Waals surface area contributed by atoms with Gasteiger partial charge in [-0.15, -0.1) is 0 Å². The lowest BCUT2D eigenvalue weighted by atomic mass is 10.1. The second-order valence-electron chi connectivity index (χ2n) is 4.04. The highest BCUT2D eigenvalue weighted by Gasteiger charge is 2.22. The fourth-order valence-electron chi connectivity index (χ4n) is 1.47. The zero-order valence-electron chi connectivity index (χ0n) is 9.59. The maximum Gasteiger partial charge on any atom is 0.269 e. The number of hydrogen-bond donors (Lipinski definition) is 2. The van der Waals surface area contributed by atoms with E-state index in [1.54, 1.807) is 13.1 Å². The van der Waals surface area contributed by atoms with Gasteiger partial charge in [0, 0.05) is 24.4 Å². The van der Waals surface area contributed by atoms with Gasteiger partial charge in [-0.2, -0.15) is 0 Å². The fraction of sp³-hybridized carbons (Fsp3) is 0.333. The Hall–Kier alpha value is -1.36. The number of amides is 1. The molecule has 0 aliphatic heterocycles. The van der Waals surface area contributed by atoms with Gasteiger partial charge in [-0.3, -0.25) is 4.79 Å². The molecule has 4 nitrogen and oxygen atoms in total. The van der Waals surface area contributed by atoms with Gasteiger partial charge in [0.15, 0.2) is 0 Å². The number of rotatable bonds is 4. The summed E-state index contributed by atoms with van der Waals surface area (Å²) in [6.45, 7) is 3.98. The molecule has 0 aromatic carbocycles. The first kappa shape index (κ1) is 12.1. The highest BCUT2D eigenvalue weighted by molar-refractivity contribution is 9.10. The van der Waals surface area contributed by atoms with E-state index in [1.807, 2.05) is 6.07 Å². The molecule has 0 saturated heterocycles. The number of nitrogens with one attached hydrogen (secondary N) is 2. The fourth-order valence-corrected chi connectivity index (χ4v) is 1.91. The minimum absolute atomic E-state index is 0.202. The Morgan fingerprint density at radius 1 is 1.53 bits per heavy atom.